The van der Waals surface area contributed by atoms with Gasteiger partial charge >= 0.3 is 17.9 Å². The Morgan fingerprint density at radius 3 is 1.80 bits per heavy atom. The van der Waals surface area contributed by atoms with E-state index < -0.39 is 48.4 Å². The number of hydrogen-bond donors (Lipinski definition) is 0. The van der Waals surface area contributed by atoms with Gasteiger partial charge in [0, 0.05) is 20.8 Å². The average Bonchev–Trinajstić information content (AvgIpc) is 2.53. The molecule has 1 heterocycles. The van der Waals surface area contributed by atoms with Crippen molar-refractivity contribution < 1.29 is 33.3 Å². The minimum absolute atomic E-state index is 0.544. The molecule has 1 aromatic carbocycles. The van der Waals surface area contributed by atoms with E-state index in [1.165, 1.54) is 20.8 Å². The van der Waals surface area contributed by atoms with Crippen LogP contribution in [0.4, 0.5) is 0 Å². The molecule has 1 fully saturated rings. The summed E-state index contributed by atoms with van der Waals surface area (Å²) in [5, 5.41) is 0. The first-order valence-corrected chi connectivity index (χ1v) is 8.01. The fourth-order valence-electron chi connectivity index (χ4n) is 2.92. The molecule has 0 unspecified atom stereocenters. The lowest BCUT2D eigenvalue weighted by atomic mass is 9.91. The molecule has 25 heavy (non-hydrogen) atoms. The molecule has 0 radical (unpaired) electrons. The Labute approximate surface area is 146 Å². The zero-order valence-electron chi connectivity index (χ0n) is 14.6. The fraction of sp³-hybridized carbons (Fsp3) is 0.500. The van der Waals surface area contributed by atoms with Gasteiger partial charge in [-0.2, -0.15) is 0 Å². The monoisotopic (exact) mass is 350 g/mol. The molecule has 7 nitrogen and oxygen atoms in total. The van der Waals surface area contributed by atoms with Crippen LogP contribution in [0, 0.1) is 0 Å². The smallest absolute Gasteiger partial charge is 0.303 e. The van der Waals surface area contributed by atoms with Gasteiger partial charge in [0.2, 0.25) is 0 Å². The van der Waals surface area contributed by atoms with Gasteiger partial charge in [-0.25, -0.2) is 0 Å². The molecule has 1 aromatic rings. The molecule has 0 aromatic heterocycles. The van der Waals surface area contributed by atoms with Crippen molar-refractivity contribution in [2.45, 2.75) is 58.2 Å². The van der Waals surface area contributed by atoms with Crippen LogP contribution in [0.2, 0.25) is 0 Å². The lowest BCUT2D eigenvalue weighted by molar-refractivity contribution is -0.245. The van der Waals surface area contributed by atoms with Crippen LogP contribution in [0.1, 0.15) is 39.4 Å². The maximum Gasteiger partial charge on any atom is 0.303 e. The Morgan fingerprint density at radius 2 is 1.28 bits per heavy atom. The Hall–Kier alpha value is -2.41. The van der Waals surface area contributed by atoms with Gasteiger partial charge in [-0.05, 0) is 12.5 Å². The number of benzene rings is 1. The van der Waals surface area contributed by atoms with Gasteiger partial charge in [0.15, 0.2) is 18.3 Å². The van der Waals surface area contributed by atoms with E-state index in [-0.39, 0.29) is 0 Å². The van der Waals surface area contributed by atoms with Crippen molar-refractivity contribution in [2.75, 3.05) is 0 Å². The highest BCUT2D eigenvalue weighted by molar-refractivity contribution is 5.68. The number of carbonyl (C=O) groups excluding carboxylic acids is 3. The van der Waals surface area contributed by atoms with E-state index in [0.29, 0.717) is 0 Å². The van der Waals surface area contributed by atoms with Gasteiger partial charge in [-0.1, -0.05) is 30.3 Å². The lowest BCUT2D eigenvalue weighted by Crippen LogP contribution is -2.57. The molecule has 0 saturated carbocycles. The minimum atomic E-state index is -0.973. The van der Waals surface area contributed by atoms with Crippen molar-refractivity contribution in [3.63, 3.8) is 0 Å². The molecule has 2 rings (SSSR count). The highest BCUT2D eigenvalue weighted by Crippen LogP contribution is 2.37. The van der Waals surface area contributed by atoms with Crippen molar-refractivity contribution in [1.29, 1.82) is 0 Å². The van der Waals surface area contributed by atoms with E-state index in [0.717, 1.165) is 5.56 Å². The summed E-state index contributed by atoms with van der Waals surface area (Å²) >= 11 is 0. The summed E-state index contributed by atoms with van der Waals surface area (Å²) in [7, 11) is 0. The van der Waals surface area contributed by atoms with Crippen molar-refractivity contribution >= 4 is 17.9 Å². The summed E-state index contributed by atoms with van der Waals surface area (Å²) in [6.45, 7) is 5.46. The molecule has 1 saturated heterocycles. The maximum atomic E-state index is 11.6. The number of carbonyl (C=O) groups is 3. The maximum absolute atomic E-state index is 11.6. The summed E-state index contributed by atoms with van der Waals surface area (Å²) in [6.07, 6.45) is -4.02. The van der Waals surface area contributed by atoms with E-state index in [9.17, 15) is 14.4 Å². The summed E-state index contributed by atoms with van der Waals surface area (Å²) in [5.41, 5.74) is 0.763. The predicted molar refractivity (Wildman–Crippen MR) is 86.4 cm³/mol. The molecule has 7 heteroatoms. The normalized spacial score (nSPS) is 28.7. The van der Waals surface area contributed by atoms with Crippen molar-refractivity contribution in [3.05, 3.63) is 35.9 Å². The van der Waals surface area contributed by atoms with Crippen LogP contribution in [0.25, 0.3) is 0 Å². The van der Waals surface area contributed by atoms with E-state index in [2.05, 4.69) is 0 Å². The van der Waals surface area contributed by atoms with Crippen LogP contribution in [-0.4, -0.2) is 42.3 Å². The van der Waals surface area contributed by atoms with Crippen LogP contribution in [-0.2, 0) is 33.3 Å². The molecule has 0 bridgehead atoms. The van der Waals surface area contributed by atoms with Gasteiger partial charge in [0.25, 0.3) is 0 Å². The third-order valence-corrected chi connectivity index (χ3v) is 3.80. The molecule has 0 amide bonds. The predicted octanol–water partition coefficient (Wildman–Crippen LogP) is 1.94. The first kappa shape index (κ1) is 18.9. The van der Waals surface area contributed by atoms with E-state index in [1.807, 2.05) is 30.3 Å². The minimum Gasteiger partial charge on any atom is -0.456 e. The molecule has 1 aliphatic heterocycles. The largest absolute Gasteiger partial charge is 0.456 e. The second-order valence-corrected chi connectivity index (χ2v) is 5.89. The Balaban J connectivity index is 2.42. The van der Waals surface area contributed by atoms with Gasteiger partial charge in [0.05, 0.1) is 6.10 Å². The molecule has 0 spiro atoms. The highest BCUT2D eigenvalue weighted by Gasteiger charge is 2.50. The SMILES string of the molecule is CC(=O)O[C@@H]1[C@@H](OC(C)=O)[C@H](C)O[C@H](c2ccccc2)[C@H]1OC(C)=O. The second-order valence-electron chi connectivity index (χ2n) is 5.89. The zero-order chi connectivity index (χ0) is 18.6. The third-order valence-electron chi connectivity index (χ3n) is 3.80. The fourth-order valence-corrected chi connectivity index (χ4v) is 2.92. The summed E-state index contributed by atoms with van der Waals surface area (Å²) < 4.78 is 22.0. The number of ether oxygens (including phenoxy) is 4. The molecule has 1 aliphatic rings. The van der Waals surface area contributed by atoms with Crippen LogP contribution >= 0.6 is 0 Å². The lowest BCUT2D eigenvalue weighted by Gasteiger charge is -2.44. The Kier molecular flexibility index (Phi) is 6.14. The average molecular weight is 350 g/mol. The summed E-state index contributed by atoms with van der Waals surface area (Å²) in [6, 6.07) is 9.15. The highest BCUT2D eigenvalue weighted by atomic mass is 16.6. The van der Waals surface area contributed by atoms with E-state index in [1.54, 1.807) is 6.92 Å². The van der Waals surface area contributed by atoms with E-state index in [4.69, 9.17) is 18.9 Å². The van der Waals surface area contributed by atoms with Gasteiger partial charge in [-0.3, -0.25) is 14.4 Å². The number of esters is 3. The second kappa shape index (κ2) is 8.11. The van der Waals surface area contributed by atoms with Crippen molar-refractivity contribution in [1.82, 2.24) is 0 Å². The van der Waals surface area contributed by atoms with Gasteiger partial charge < -0.3 is 18.9 Å². The summed E-state index contributed by atoms with van der Waals surface area (Å²) in [4.78, 5) is 34.6. The van der Waals surface area contributed by atoms with Crippen molar-refractivity contribution in [2.24, 2.45) is 0 Å². The molecule has 5 atom stereocenters. The van der Waals surface area contributed by atoms with Gasteiger partial charge in [-0.15, -0.1) is 0 Å². The quantitative estimate of drug-likeness (QED) is 0.606. The van der Waals surface area contributed by atoms with Crippen LogP contribution < -0.4 is 0 Å². The van der Waals surface area contributed by atoms with Gasteiger partial charge in [0.1, 0.15) is 6.10 Å². The zero-order valence-corrected chi connectivity index (χ0v) is 14.6. The molecular formula is C18H22O7. The molecule has 0 N–H and O–H groups in total. The molecular weight excluding hydrogens is 328 g/mol. The molecule has 0 aliphatic carbocycles. The van der Waals surface area contributed by atoms with Crippen LogP contribution in [0.5, 0.6) is 0 Å². The van der Waals surface area contributed by atoms with Crippen LogP contribution in [0.15, 0.2) is 30.3 Å². The van der Waals surface area contributed by atoms with Crippen molar-refractivity contribution in [3.8, 4) is 0 Å². The Morgan fingerprint density at radius 1 is 0.800 bits per heavy atom. The standard InChI is InChI=1S/C18H22O7/c1-10-15(23-11(2)19)17(24-12(3)20)18(25-13(4)21)16(22-10)14-8-6-5-7-9-14/h5-10,15-18H,1-4H3/t10-,15-,16+,17+,18+/m0/s1. The first-order valence-electron chi connectivity index (χ1n) is 8.01. The number of rotatable bonds is 4. The number of hydrogen-bond acceptors (Lipinski definition) is 7. The Bertz CT molecular complexity index is 628. The van der Waals surface area contributed by atoms with E-state index >= 15 is 0 Å². The first-order chi connectivity index (χ1) is 11.8. The molecule has 136 valence electrons. The van der Waals surface area contributed by atoms with Crippen LogP contribution in [0.3, 0.4) is 0 Å². The topological polar surface area (TPSA) is 88.1 Å². The third kappa shape index (κ3) is 4.79. The summed E-state index contributed by atoms with van der Waals surface area (Å²) in [5.74, 6) is -1.67.